The monoisotopic (exact) mass is 384 g/mol. The lowest BCUT2D eigenvalue weighted by atomic mass is 9.97. The predicted octanol–water partition coefficient (Wildman–Crippen LogP) is 4.59. The molecule has 8 heteroatoms. The molecule has 0 bridgehead atoms. The van der Waals surface area contributed by atoms with Crippen LogP contribution in [0, 0.1) is 34.0 Å². The van der Waals surface area contributed by atoms with Gasteiger partial charge in [-0.2, -0.15) is 29.0 Å². The maximum absolute atomic E-state index is 13.2. The van der Waals surface area contributed by atoms with Crippen molar-refractivity contribution < 1.29 is 13.2 Å². The predicted molar refractivity (Wildman–Crippen MR) is 95.4 cm³/mol. The van der Waals surface area contributed by atoms with Crippen LogP contribution in [0.25, 0.3) is 6.08 Å². The molecule has 0 saturated heterocycles. The van der Waals surface area contributed by atoms with Crippen molar-refractivity contribution in [1.29, 1.82) is 15.8 Å². The Labute approximate surface area is 158 Å². The number of nitriles is 3. The van der Waals surface area contributed by atoms with Gasteiger partial charge in [-0.15, -0.1) is 11.8 Å². The number of hydrogen-bond donors (Lipinski definition) is 1. The molecule has 1 aliphatic heterocycles. The summed E-state index contributed by atoms with van der Waals surface area (Å²) in [4.78, 5) is 1.03. The van der Waals surface area contributed by atoms with Crippen LogP contribution in [0.3, 0.4) is 0 Å². The van der Waals surface area contributed by atoms with E-state index in [0.717, 1.165) is 16.5 Å². The summed E-state index contributed by atoms with van der Waals surface area (Å²) in [6.45, 7) is 0. The molecular formula is C19H11F3N4S. The maximum atomic E-state index is 13.2. The molecule has 0 aliphatic carbocycles. The molecule has 0 atom stereocenters. The van der Waals surface area contributed by atoms with Gasteiger partial charge in [0.1, 0.15) is 23.9 Å². The molecule has 2 rings (SSSR count). The molecule has 0 radical (unpaired) electrons. The van der Waals surface area contributed by atoms with E-state index in [1.807, 2.05) is 23.7 Å². The third-order valence-corrected chi connectivity index (χ3v) is 4.30. The average molecular weight is 384 g/mol. The zero-order valence-electron chi connectivity index (χ0n) is 13.9. The second kappa shape index (κ2) is 8.31. The molecule has 0 amide bonds. The normalized spacial score (nSPS) is 14.1. The molecule has 0 saturated carbocycles. The lowest BCUT2D eigenvalue weighted by Gasteiger charge is -2.22. The van der Waals surface area contributed by atoms with Gasteiger partial charge in [0.2, 0.25) is 0 Å². The van der Waals surface area contributed by atoms with Crippen molar-refractivity contribution in [2.24, 2.45) is 0 Å². The van der Waals surface area contributed by atoms with Gasteiger partial charge in [0, 0.05) is 4.90 Å². The van der Waals surface area contributed by atoms with Crippen LogP contribution < -0.4 is 5.32 Å². The molecule has 27 heavy (non-hydrogen) atoms. The Hall–Kier alpha value is -3.41. The second-order valence-corrected chi connectivity index (χ2v) is 6.08. The van der Waals surface area contributed by atoms with Crippen molar-refractivity contribution in [1.82, 2.24) is 5.32 Å². The molecule has 0 fully saturated rings. The summed E-state index contributed by atoms with van der Waals surface area (Å²) in [5, 5.41) is 29.4. The van der Waals surface area contributed by atoms with Crippen LogP contribution in [0.1, 0.15) is 5.56 Å². The fourth-order valence-electron chi connectivity index (χ4n) is 2.24. The van der Waals surface area contributed by atoms with Gasteiger partial charge in [-0.3, -0.25) is 0 Å². The third-order valence-electron chi connectivity index (χ3n) is 3.56. The first-order valence-electron chi connectivity index (χ1n) is 7.41. The Morgan fingerprint density at radius 2 is 1.70 bits per heavy atom. The van der Waals surface area contributed by atoms with Gasteiger partial charge in [-0.25, -0.2) is 0 Å². The molecule has 0 unspecified atom stereocenters. The van der Waals surface area contributed by atoms with Crippen LogP contribution in [0.15, 0.2) is 69.4 Å². The van der Waals surface area contributed by atoms with Gasteiger partial charge in [0.25, 0.3) is 0 Å². The van der Waals surface area contributed by atoms with Crippen LogP contribution in [-0.4, -0.2) is 12.4 Å². The Kier molecular flexibility index (Phi) is 6.13. The minimum atomic E-state index is -4.73. The van der Waals surface area contributed by atoms with Crippen LogP contribution in [0.2, 0.25) is 0 Å². The number of nitrogens with zero attached hydrogens (tertiary/aromatic N) is 3. The van der Waals surface area contributed by atoms with Crippen LogP contribution in [0.4, 0.5) is 13.2 Å². The van der Waals surface area contributed by atoms with E-state index in [2.05, 4.69) is 0 Å². The summed E-state index contributed by atoms with van der Waals surface area (Å²) in [7, 11) is 0. The SMILES string of the molecule is CSc1ccc(C=CC2=C(C#N)C(=C(C#N)C#N)NC(C(F)(F)F)=C2)cc1. The molecule has 1 N–H and O–H groups in total. The van der Waals surface area contributed by atoms with E-state index in [-0.39, 0.29) is 11.1 Å². The molecule has 134 valence electrons. The number of halogens is 3. The average Bonchev–Trinajstić information content (AvgIpc) is 2.66. The molecule has 4 nitrogen and oxygen atoms in total. The van der Waals surface area contributed by atoms with Crippen molar-refractivity contribution in [3.63, 3.8) is 0 Å². The number of thioether (sulfide) groups is 1. The summed E-state index contributed by atoms with van der Waals surface area (Å²) < 4.78 is 39.6. The highest BCUT2D eigenvalue weighted by Crippen LogP contribution is 2.33. The molecule has 0 aromatic heterocycles. The van der Waals surface area contributed by atoms with Crippen molar-refractivity contribution in [2.45, 2.75) is 11.1 Å². The van der Waals surface area contributed by atoms with Gasteiger partial charge in [-0.1, -0.05) is 24.3 Å². The number of rotatable bonds is 3. The van der Waals surface area contributed by atoms with E-state index >= 15 is 0 Å². The lowest BCUT2D eigenvalue weighted by molar-refractivity contribution is -0.0959. The number of dihydropyridines is 1. The zero-order valence-corrected chi connectivity index (χ0v) is 14.7. The molecule has 1 heterocycles. The largest absolute Gasteiger partial charge is 0.431 e. The van der Waals surface area contributed by atoms with E-state index in [1.165, 1.54) is 18.2 Å². The van der Waals surface area contributed by atoms with E-state index in [4.69, 9.17) is 10.5 Å². The summed E-state index contributed by atoms with van der Waals surface area (Å²) in [6.07, 6.45) is 0.875. The summed E-state index contributed by atoms with van der Waals surface area (Å²) in [6, 6.07) is 12.1. The van der Waals surface area contributed by atoms with Gasteiger partial charge in [0.15, 0.2) is 5.57 Å². The number of nitrogens with one attached hydrogen (secondary N) is 1. The first-order valence-corrected chi connectivity index (χ1v) is 8.63. The number of alkyl halides is 3. The minimum Gasteiger partial charge on any atom is -0.349 e. The topological polar surface area (TPSA) is 83.4 Å². The van der Waals surface area contributed by atoms with Crippen LogP contribution in [-0.2, 0) is 0 Å². The Bertz CT molecular complexity index is 976. The molecule has 1 aliphatic rings. The summed E-state index contributed by atoms with van der Waals surface area (Å²) >= 11 is 1.55. The van der Waals surface area contributed by atoms with Crippen LogP contribution in [0.5, 0.6) is 0 Å². The minimum absolute atomic E-state index is 0.0458. The van der Waals surface area contributed by atoms with Crippen molar-refractivity contribution >= 4 is 17.8 Å². The standard InChI is InChI=1S/C19H11F3N4S/c1-27-15-6-3-12(4-7-15)2-5-13-8-17(19(20,21)22)26-18(16(13)11-25)14(9-23)10-24/h2-8,26H,1H3. The number of hydrogen-bond acceptors (Lipinski definition) is 5. The third kappa shape index (κ3) is 4.61. The molecular weight excluding hydrogens is 373 g/mol. The molecule has 1 aromatic carbocycles. The highest BCUT2D eigenvalue weighted by Gasteiger charge is 2.37. The van der Waals surface area contributed by atoms with Crippen molar-refractivity contribution in [3.8, 4) is 18.2 Å². The summed E-state index contributed by atoms with van der Waals surface area (Å²) in [5.74, 6) is 0. The highest BCUT2D eigenvalue weighted by molar-refractivity contribution is 7.98. The smallest absolute Gasteiger partial charge is 0.349 e. The maximum Gasteiger partial charge on any atom is 0.431 e. The van der Waals surface area contributed by atoms with E-state index < -0.39 is 23.1 Å². The van der Waals surface area contributed by atoms with Gasteiger partial charge < -0.3 is 5.32 Å². The van der Waals surface area contributed by atoms with E-state index in [9.17, 15) is 18.4 Å². The lowest BCUT2D eigenvalue weighted by Crippen LogP contribution is -2.30. The molecule has 1 aromatic rings. The fraction of sp³-hybridized carbons (Fsp3) is 0.105. The van der Waals surface area contributed by atoms with Gasteiger partial charge >= 0.3 is 6.18 Å². The number of benzene rings is 1. The van der Waals surface area contributed by atoms with Gasteiger partial charge in [-0.05, 0) is 35.6 Å². The van der Waals surface area contributed by atoms with Crippen molar-refractivity contribution in [3.05, 3.63) is 70.1 Å². The number of allylic oxidation sites excluding steroid dienone is 6. The zero-order chi connectivity index (χ0) is 20.0. The van der Waals surface area contributed by atoms with Gasteiger partial charge in [0.05, 0.1) is 11.3 Å². The Morgan fingerprint density at radius 1 is 1.07 bits per heavy atom. The van der Waals surface area contributed by atoms with Crippen LogP contribution >= 0.6 is 11.8 Å². The summed E-state index contributed by atoms with van der Waals surface area (Å²) in [5.41, 5.74) is -1.73. The van der Waals surface area contributed by atoms with E-state index in [0.29, 0.717) is 0 Å². The first-order chi connectivity index (χ1) is 12.8. The first kappa shape index (κ1) is 19.9. The quantitative estimate of drug-likeness (QED) is 0.609. The fourth-order valence-corrected chi connectivity index (χ4v) is 2.64. The molecule has 0 spiro atoms. The highest BCUT2D eigenvalue weighted by atomic mass is 32.2. The second-order valence-electron chi connectivity index (χ2n) is 5.20. The Balaban J connectivity index is 2.59. The Morgan fingerprint density at radius 3 is 2.19 bits per heavy atom. The van der Waals surface area contributed by atoms with Crippen molar-refractivity contribution in [2.75, 3.05) is 6.26 Å². The van der Waals surface area contributed by atoms with E-state index in [1.54, 1.807) is 36.0 Å².